The van der Waals surface area contributed by atoms with E-state index in [1.54, 1.807) is 0 Å². The number of carbonyl (C=O) groups excluding carboxylic acids is 1. The van der Waals surface area contributed by atoms with Crippen LogP contribution in [0.3, 0.4) is 0 Å². The van der Waals surface area contributed by atoms with Crippen molar-refractivity contribution in [2.45, 2.75) is 72.9 Å². The molecule has 2 atom stereocenters. The zero-order valence-corrected chi connectivity index (χ0v) is 12.4. The number of nitrogens with two attached hydrogens (primary N) is 1. The minimum atomic E-state index is -0.409. The largest absolute Gasteiger partial charge is 0.339 e. The fourth-order valence-electron chi connectivity index (χ4n) is 1.65. The molecule has 0 saturated heterocycles. The van der Waals surface area contributed by atoms with Gasteiger partial charge in [-0.05, 0) is 25.2 Å². The van der Waals surface area contributed by atoms with Crippen LogP contribution in [0.5, 0.6) is 0 Å². The highest BCUT2D eigenvalue weighted by molar-refractivity contribution is 5.82. The van der Waals surface area contributed by atoms with Crippen LogP contribution in [0.1, 0.15) is 60.8 Å². The van der Waals surface area contributed by atoms with E-state index in [4.69, 9.17) is 5.73 Å². The molecule has 0 aromatic rings. The average Bonchev–Trinajstić information content (AvgIpc) is 2.26. The second-order valence-electron chi connectivity index (χ2n) is 5.99. The third-order valence-electron chi connectivity index (χ3n) is 3.36. The molecule has 0 bridgehead atoms. The maximum Gasteiger partial charge on any atom is 0.240 e. The summed E-state index contributed by atoms with van der Waals surface area (Å²) in [6.45, 7) is 13.2. The van der Waals surface area contributed by atoms with Crippen molar-refractivity contribution in [2.24, 2.45) is 11.1 Å². The Morgan fingerprint density at radius 3 is 2.18 bits per heavy atom. The van der Waals surface area contributed by atoms with Gasteiger partial charge >= 0.3 is 0 Å². The van der Waals surface area contributed by atoms with Crippen molar-refractivity contribution in [1.82, 2.24) is 4.90 Å². The van der Waals surface area contributed by atoms with E-state index in [1.165, 1.54) is 0 Å². The topological polar surface area (TPSA) is 46.3 Å². The quantitative estimate of drug-likeness (QED) is 0.778. The summed E-state index contributed by atoms with van der Waals surface area (Å²) in [4.78, 5) is 14.4. The van der Waals surface area contributed by atoms with Gasteiger partial charge in [0.05, 0.1) is 6.04 Å². The standard InChI is InChI=1S/C14H30N2O/c1-7-9-10-16(11(3)8-2)13(17)12(15)14(4,5)6/h11-12H,7-10,15H2,1-6H3. The zero-order chi connectivity index (χ0) is 13.6. The third-order valence-corrected chi connectivity index (χ3v) is 3.36. The molecule has 3 nitrogen and oxygen atoms in total. The van der Waals surface area contributed by atoms with Gasteiger partial charge in [0.2, 0.25) is 5.91 Å². The number of carbonyl (C=O) groups is 1. The second-order valence-corrected chi connectivity index (χ2v) is 5.99. The number of hydrogen-bond donors (Lipinski definition) is 1. The molecule has 0 aliphatic heterocycles. The molecule has 0 fully saturated rings. The number of amides is 1. The highest BCUT2D eigenvalue weighted by Crippen LogP contribution is 2.20. The number of rotatable bonds is 6. The summed E-state index contributed by atoms with van der Waals surface area (Å²) in [5, 5.41) is 0. The van der Waals surface area contributed by atoms with Crippen LogP contribution in [0, 0.1) is 5.41 Å². The van der Waals surface area contributed by atoms with E-state index in [0.717, 1.165) is 25.8 Å². The molecule has 0 rings (SSSR count). The van der Waals surface area contributed by atoms with Crippen molar-refractivity contribution in [2.75, 3.05) is 6.54 Å². The SMILES string of the molecule is CCCCN(C(=O)C(N)C(C)(C)C)C(C)CC. The molecule has 0 aromatic heterocycles. The van der Waals surface area contributed by atoms with Gasteiger partial charge in [-0.2, -0.15) is 0 Å². The van der Waals surface area contributed by atoms with Gasteiger partial charge in [-0.1, -0.05) is 41.0 Å². The van der Waals surface area contributed by atoms with Crippen LogP contribution in [0.2, 0.25) is 0 Å². The molecule has 2 unspecified atom stereocenters. The maximum atomic E-state index is 12.4. The Bertz CT molecular complexity index is 233. The number of hydrogen-bond acceptors (Lipinski definition) is 2. The molecule has 0 aliphatic carbocycles. The van der Waals surface area contributed by atoms with E-state index < -0.39 is 6.04 Å². The van der Waals surface area contributed by atoms with E-state index in [2.05, 4.69) is 20.8 Å². The molecular weight excluding hydrogens is 212 g/mol. The highest BCUT2D eigenvalue weighted by Gasteiger charge is 2.32. The van der Waals surface area contributed by atoms with Crippen molar-refractivity contribution in [3.8, 4) is 0 Å². The Morgan fingerprint density at radius 1 is 1.29 bits per heavy atom. The Morgan fingerprint density at radius 2 is 1.82 bits per heavy atom. The summed E-state index contributed by atoms with van der Waals surface area (Å²) in [5.41, 5.74) is 5.90. The first-order chi connectivity index (χ1) is 7.75. The highest BCUT2D eigenvalue weighted by atomic mass is 16.2. The summed E-state index contributed by atoms with van der Waals surface area (Å²) >= 11 is 0. The van der Waals surface area contributed by atoms with E-state index in [9.17, 15) is 4.79 Å². The summed E-state index contributed by atoms with van der Waals surface area (Å²) < 4.78 is 0. The van der Waals surface area contributed by atoms with Crippen molar-refractivity contribution in [3.05, 3.63) is 0 Å². The van der Waals surface area contributed by atoms with E-state index in [1.807, 2.05) is 25.7 Å². The molecule has 17 heavy (non-hydrogen) atoms. The predicted molar refractivity (Wildman–Crippen MR) is 73.8 cm³/mol. The maximum absolute atomic E-state index is 12.4. The fourth-order valence-corrected chi connectivity index (χ4v) is 1.65. The zero-order valence-electron chi connectivity index (χ0n) is 12.4. The molecule has 0 aromatic carbocycles. The lowest BCUT2D eigenvalue weighted by molar-refractivity contribution is -0.137. The molecule has 3 heteroatoms. The van der Waals surface area contributed by atoms with Crippen molar-refractivity contribution in [3.63, 3.8) is 0 Å². The molecule has 1 amide bonds. The summed E-state index contributed by atoms with van der Waals surface area (Å²) in [7, 11) is 0. The van der Waals surface area contributed by atoms with Crippen LogP contribution in [-0.2, 0) is 4.79 Å². The van der Waals surface area contributed by atoms with Gasteiger partial charge in [-0.15, -0.1) is 0 Å². The lowest BCUT2D eigenvalue weighted by Gasteiger charge is -2.35. The molecule has 2 N–H and O–H groups in total. The van der Waals surface area contributed by atoms with Crippen LogP contribution in [-0.4, -0.2) is 29.4 Å². The van der Waals surface area contributed by atoms with Gasteiger partial charge in [-0.25, -0.2) is 0 Å². The van der Waals surface area contributed by atoms with Crippen LogP contribution in [0.15, 0.2) is 0 Å². The first kappa shape index (κ1) is 16.4. The molecule has 0 radical (unpaired) electrons. The predicted octanol–water partition coefficient (Wildman–Crippen LogP) is 2.79. The van der Waals surface area contributed by atoms with Gasteiger partial charge in [0.15, 0.2) is 0 Å². The fraction of sp³-hybridized carbons (Fsp3) is 0.929. The number of nitrogens with zero attached hydrogens (tertiary/aromatic N) is 1. The minimum Gasteiger partial charge on any atom is -0.339 e. The van der Waals surface area contributed by atoms with Gasteiger partial charge in [0.25, 0.3) is 0 Å². The van der Waals surface area contributed by atoms with Crippen LogP contribution in [0.4, 0.5) is 0 Å². The van der Waals surface area contributed by atoms with Gasteiger partial charge in [-0.3, -0.25) is 4.79 Å². The van der Waals surface area contributed by atoms with Gasteiger partial charge in [0.1, 0.15) is 0 Å². The minimum absolute atomic E-state index is 0.0975. The normalized spacial score (nSPS) is 15.5. The van der Waals surface area contributed by atoms with Crippen molar-refractivity contribution in [1.29, 1.82) is 0 Å². The smallest absolute Gasteiger partial charge is 0.240 e. The van der Waals surface area contributed by atoms with Gasteiger partial charge < -0.3 is 10.6 Å². The van der Waals surface area contributed by atoms with Crippen molar-refractivity contribution < 1.29 is 4.79 Å². The van der Waals surface area contributed by atoms with Crippen LogP contribution < -0.4 is 5.73 Å². The Balaban J connectivity index is 4.74. The Kier molecular flexibility index (Phi) is 6.76. The van der Waals surface area contributed by atoms with E-state index >= 15 is 0 Å². The first-order valence-corrected chi connectivity index (χ1v) is 6.81. The van der Waals surface area contributed by atoms with Crippen molar-refractivity contribution >= 4 is 5.91 Å². The monoisotopic (exact) mass is 242 g/mol. The van der Waals surface area contributed by atoms with Crippen LogP contribution >= 0.6 is 0 Å². The summed E-state index contributed by atoms with van der Waals surface area (Å²) in [6, 6.07) is -0.129. The molecule has 102 valence electrons. The molecule has 0 spiro atoms. The number of unbranched alkanes of at least 4 members (excludes halogenated alkanes) is 1. The molecular formula is C14H30N2O. The molecule has 0 heterocycles. The Hall–Kier alpha value is -0.570. The Labute approximate surface area is 107 Å². The van der Waals surface area contributed by atoms with E-state index in [0.29, 0.717) is 0 Å². The lowest BCUT2D eigenvalue weighted by Crippen LogP contribution is -2.53. The second kappa shape index (κ2) is 7.00. The molecule has 0 aliphatic rings. The first-order valence-electron chi connectivity index (χ1n) is 6.81. The summed E-state index contributed by atoms with van der Waals surface area (Å²) in [5.74, 6) is 0.0975. The summed E-state index contributed by atoms with van der Waals surface area (Å²) in [6.07, 6.45) is 3.13. The van der Waals surface area contributed by atoms with Crippen LogP contribution in [0.25, 0.3) is 0 Å². The lowest BCUT2D eigenvalue weighted by atomic mass is 9.86. The molecule has 0 saturated carbocycles. The van der Waals surface area contributed by atoms with Gasteiger partial charge in [0, 0.05) is 12.6 Å². The third kappa shape index (κ3) is 5.07. The average molecular weight is 242 g/mol. The van der Waals surface area contributed by atoms with E-state index in [-0.39, 0.29) is 17.4 Å².